The predicted molar refractivity (Wildman–Crippen MR) is 100 cm³/mol. The minimum Gasteiger partial charge on any atom is -0.497 e. The Balaban J connectivity index is 1.84. The first kappa shape index (κ1) is 19.5. The van der Waals surface area contributed by atoms with Crippen LogP contribution in [0.25, 0.3) is 0 Å². The minimum atomic E-state index is -0.328. The molecule has 7 heteroatoms. The first-order valence-corrected chi connectivity index (χ1v) is 8.29. The van der Waals surface area contributed by atoms with Crippen LogP contribution in [-0.4, -0.2) is 44.1 Å². The molecular weight excluding hydrogens is 334 g/mol. The van der Waals surface area contributed by atoms with Gasteiger partial charge in [0.15, 0.2) is 6.61 Å². The highest BCUT2D eigenvalue weighted by atomic mass is 16.5. The molecule has 1 heterocycles. The van der Waals surface area contributed by atoms with Gasteiger partial charge >= 0.3 is 0 Å². The van der Waals surface area contributed by atoms with Crippen molar-refractivity contribution in [1.29, 1.82) is 0 Å². The van der Waals surface area contributed by atoms with E-state index in [4.69, 9.17) is 14.2 Å². The van der Waals surface area contributed by atoms with Gasteiger partial charge in [-0.2, -0.15) is 5.10 Å². The largest absolute Gasteiger partial charge is 0.497 e. The van der Waals surface area contributed by atoms with E-state index in [1.807, 2.05) is 19.9 Å². The van der Waals surface area contributed by atoms with Crippen molar-refractivity contribution >= 4 is 12.1 Å². The van der Waals surface area contributed by atoms with Gasteiger partial charge in [0, 0.05) is 30.6 Å². The Labute approximate surface area is 153 Å². The summed E-state index contributed by atoms with van der Waals surface area (Å²) in [5, 5.41) is 4.01. The number of amides is 1. The third-order valence-corrected chi connectivity index (χ3v) is 3.95. The maximum atomic E-state index is 11.8. The fraction of sp³-hybridized carbons (Fsp3) is 0.368. The van der Waals surface area contributed by atoms with Gasteiger partial charge in [0.05, 0.1) is 19.9 Å². The van der Waals surface area contributed by atoms with E-state index < -0.39 is 0 Å². The van der Waals surface area contributed by atoms with Gasteiger partial charge in [0.1, 0.15) is 11.5 Å². The molecule has 0 unspecified atom stereocenters. The lowest BCUT2D eigenvalue weighted by Gasteiger charge is -2.08. The van der Waals surface area contributed by atoms with Crippen molar-refractivity contribution in [2.75, 3.05) is 27.4 Å². The van der Waals surface area contributed by atoms with Crippen molar-refractivity contribution in [3.8, 4) is 11.5 Å². The molecule has 0 saturated heterocycles. The second-order valence-electron chi connectivity index (χ2n) is 5.73. The van der Waals surface area contributed by atoms with Crippen LogP contribution >= 0.6 is 0 Å². The van der Waals surface area contributed by atoms with Crippen molar-refractivity contribution in [3.63, 3.8) is 0 Å². The molecular formula is C19H25N3O4. The third kappa shape index (κ3) is 5.35. The van der Waals surface area contributed by atoms with Gasteiger partial charge in [-0.05, 0) is 44.2 Å². The van der Waals surface area contributed by atoms with E-state index in [1.165, 1.54) is 0 Å². The maximum Gasteiger partial charge on any atom is 0.277 e. The third-order valence-electron chi connectivity index (χ3n) is 3.95. The molecule has 7 nitrogen and oxygen atoms in total. The van der Waals surface area contributed by atoms with Gasteiger partial charge in [-0.25, -0.2) is 5.43 Å². The molecule has 0 aliphatic carbocycles. The highest BCUT2D eigenvalue weighted by Crippen LogP contribution is 2.16. The fourth-order valence-electron chi connectivity index (χ4n) is 2.51. The summed E-state index contributed by atoms with van der Waals surface area (Å²) in [5.41, 5.74) is 5.62. The normalized spacial score (nSPS) is 10.9. The molecule has 26 heavy (non-hydrogen) atoms. The average molecular weight is 359 g/mol. The van der Waals surface area contributed by atoms with Crippen LogP contribution in [0.4, 0.5) is 0 Å². The van der Waals surface area contributed by atoms with Gasteiger partial charge in [-0.15, -0.1) is 0 Å². The molecule has 0 radical (unpaired) electrons. The van der Waals surface area contributed by atoms with E-state index in [0.717, 1.165) is 29.2 Å². The van der Waals surface area contributed by atoms with Crippen molar-refractivity contribution in [2.24, 2.45) is 5.10 Å². The second kappa shape index (κ2) is 9.62. The highest BCUT2D eigenvalue weighted by molar-refractivity contribution is 5.84. The van der Waals surface area contributed by atoms with Crippen LogP contribution in [0, 0.1) is 13.8 Å². The molecule has 0 fully saturated rings. The topological polar surface area (TPSA) is 74.1 Å². The number of rotatable bonds is 9. The lowest BCUT2D eigenvalue weighted by molar-refractivity contribution is -0.123. The zero-order chi connectivity index (χ0) is 18.9. The van der Waals surface area contributed by atoms with E-state index in [2.05, 4.69) is 15.1 Å². The Morgan fingerprint density at radius 3 is 2.54 bits per heavy atom. The minimum absolute atomic E-state index is 0.115. The number of benzene rings is 1. The van der Waals surface area contributed by atoms with Crippen LogP contribution in [0.3, 0.4) is 0 Å². The van der Waals surface area contributed by atoms with Crippen LogP contribution in [0.5, 0.6) is 11.5 Å². The van der Waals surface area contributed by atoms with E-state index in [0.29, 0.717) is 12.4 Å². The molecule has 1 N–H and O–H groups in total. The number of carbonyl (C=O) groups excluding carboxylic acids is 1. The van der Waals surface area contributed by atoms with Crippen LogP contribution in [0.15, 0.2) is 35.4 Å². The van der Waals surface area contributed by atoms with Crippen molar-refractivity contribution < 1.29 is 19.0 Å². The Morgan fingerprint density at radius 2 is 1.88 bits per heavy atom. The van der Waals surface area contributed by atoms with Crippen LogP contribution in [0.2, 0.25) is 0 Å². The van der Waals surface area contributed by atoms with Crippen LogP contribution < -0.4 is 14.9 Å². The van der Waals surface area contributed by atoms with E-state index >= 15 is 0 Å². The maximum absolute atomic E-state index is 11.8. The SMILES string of the molecule is COCCn1c(C)cc(C=NNC(=O)COc2ccc(OC)cc2)c1C. The first-order chi connectivity index (χ1) is 12.5. The quantitative estimate of drug-likeness (QED) is 0.551. The summed E-state index contributed by atoms with van der Waals surface area (Å²) in [4.78, 5) is 11.8. The predicted octanol–water partition coefficient (Wildman–Crippen LogP) is 2.29. The number of carbonyl (C=O) groups is 1. The summed E-state index contributed by atoms with van der Waals surface area (Å²) >= 11 is 0. The molecule has 0 saturated carbocycles. The summed E-state index contributed by atoms with van der Waals surface area (Å²) in [6.45, 7) is 5.35. The number of hydrazone groups is 1. The van der Waals surface area contributed by atoms with Gasteiger partial charge in [-0.3, -0.25) is 4.79 Å². The van der Waals surface area contributed by atoms with Gasteiger partial charge in [0.25, 0.3) is 5.91 Å². The number of hydrogen-bond donors (Lipinski definition) is 1. The molecule has 2 rings (SSSR count). The summed E-state index contributed by atoms with van der Waals surface area (Å²) in [6, 6.07) is 9.04. The Morgan fingerprint density at radius 1 is 1.19 bits per heavy atom. The molecule has 1 aromatic heterocycles. The number of aryl methyl sites for hydroxylation is 1. The number of ether oxygens (including phenoxy) is 3. The number of nitrogens with one attached hydrogen (secondary N) is 1. The second-order valence-corrected chi connectivity index (χ2v) is 5.73. The fourth-order valence-corrected chi connectivity index (χ4v) is 2.51. The van der Waals surface area contributed by atoms with Crippen LogP contribution in [-0.2, 0) is 16.1 Å². The molecule has 1 amide bonds. The number of aromatic nitrogens is 1. The molecule has 140 valence electrons. The molecule has 0 aliphatic heterocycles. The molecule has 0 spiro atoms. The summed E-state index contributed by atoms with van der Waals surface area (Å²) in [6.07, 6.45) is 1.64. The first-order valence-electron chi connectivity index (χ1n) is 8.29. The van der Waals surface area contributed by atoms with Crippen LogP contribution in [0.1, 0.15) is 17.0 Å². The summed E-state index contributed by atoms with van der Waals surface area (Å²) < 4.78 is 17.7. The van der Waals surface area contributed by atoms with Crippen molar-refractivity contribution in [1.82, 2.24) is 9.99 Å². The van der Waals surface area contributed by atoms with E-state index in [-0.39, 0.29) is 12.5 Å². The highest BCUT2D eigenvalue weighted by Gasteiger charge is 2.07. The molecule has 1 aromatic carbocycles. The number of methoxy groups -OCH3 is 2. The Bertz CT molecular complexity index is 751. The zero-order valence-corrected chi connectivity index (χ0v) is 15.6. The molecule has 0 atom stereocenters. The molecule has 0 bridgehead atoms. The number of nitrogens with zero attached hydrogens (tertiary/aromatic N) is 2. The summed E-state index contributed by atoms with van der Waals surface area (Å²) in [5.74, 6) is 0.992. The van der Waals surface area contributed by atoms with Gasteiger partial charge in [-0.1, -0.05) is 0 Å². The Hall–Kier alpha value is -2.80. The van der Waals surface area contributed by atoms with Gasteiger partial charge in [0.2, 0.25) is 0 Å². The van der Waals surface area contributed by atoms with Gasteiger partial charge < -0.3 is 18.8 Å². The summed E-state index contributed by atoms with van der Waals surface area (Å²) in [7, 11) is 3.27. The van der Waals surface area contributed by atoms with E-state index in [1.54, 1.807) is 44.7 Å². The lowest BCUT2D eigenvalue weighted by atomic mass is 10.3. The monoisotopic (exact) mass is 359 g/mol. The standard InChI is InChI=1S/C19H25N3O4/c1-14-11-16(15(2)22(14)9-10-24-3)12-20-21-19(23)13-26-18-7-5-17(25-4)6-8-18/h5-8,11-12H,9-10,13H2,1-4H3,(H,21,23). The van der Waals surface area contributed by atoms with Crippen molar-refractivity contribution in [2.45, 2.75) is 20.4 Å². The smallest absolute Gasteiger partial charge is 0.277 e. The zero-order valence-electron chi connectivity index (χ0n) is 15.6. The lowest BCUT2D eigenvalue weighted by Crippen LogP contribution is -2.24. The van der Waals surface area contributed by atoms with Crippen molar-refractivity contribution in [3.05, 3.63) is 47.3 Å². The molecule has 0 aliphatic rings. The number of hydrogen-bond acceptors (Lipinski definition) is 5. The van der Waals surface area contributed by atoms with E-state index in [9.17, 15) is 4.79 Å². The molecule has 2 aromatic rings. The average Bonchev–Trinajstić information content (AvgIpc) is 2.92. The Kier molecular flexibility index (Phi) is 7.23.